The van der Waals surface area contributed by atoms with Crippen molar-refractivity contribution in [1.29, 1.82) is 0 Å². The van der Waals surface area contributed by atoms with Crippen LogP contribution >= 0.6 is 0 Å². The van der Waals surface area contributed by atoms with Crippen LogP contribution in [-0.4, -0.2) is 38.6 Å². The van der Waals surface area contributed by atoms with E-state index >= 15 is 0 Å². The first-order valence-corrected chi connectivity index (χ1v) is 8.17. The third-order valence-corrected chi connectivity index (χ3v) is 4.00. The number of fused-ring (bicyclic) bond motifs is 1. The Labute approximate surface area is 154 Å². The molecule has 2 aromatic heterocycles. The number of methoxy groups -OCH3 is 1. The molecule has 134 valence electrons. The van der Waals surface area contributed by atoms with Crippen molar-refractivity contribution in [2.75, 3.05) is 12.5 Å². The fourth-order valence-corrected chi connectivity index (χ4v) is 2.70. The first-order valence-electron chi connectivity index (χ1n) is 8.17. The Morgan fingerprint density at radius 3 is 2.78 bits per heavy atom. The van der Waals surface area contributed by atoms with E-state index in [2.05, 4.69) is 30.7 Å². The zero-order valence-electron chi connectivity index (χ0n) is 14.4. The molecule has 0 fully saturated rings. The van der Waals surface area contributed by atoms with Crippen LogP contribution in [0.25, 0.3) is 22.3 Å². The Balaban J connectivity index is 1.64. The van der Waals surface area contributed by atoms with Crippen molar-refractivity contribution in [3.05, 3.63) is 60.4 Å². The number of aromatic amines is 1. The van der Waals surface area contributed by atoms with Crippen LogP contribution in [0.5, 0.6) is 11.5 Å². The molecule has 0 aliphatic rings. The van der Waals surface area contributed by atoms with Gasteiger partial charge in [-0.3, -0.25) is 5.43 Å². The molecule has 8 nitrogen and oxygen atoms in total. The number of hydrazone groups is 1. The number of phenols is 1. The minimum absolute atomic E-state index is 0.0768. The van der Waals surface area contributed by atoms with Crippen molar-refractivity contribution < 1.29 is 9.84 Å². The summed E-state index contributed by atoms with van der Waals surface area (Å²) in [6, 6.07) is 12.7. The lowest BCUT2D eigenvalue weighted by Crippen LogP contribution is -1.99. The number of aromatic nitrogens is 4. The molecule has 0 aliphatic carbocycles. The highest BCUT2D eigenvalue weighted by Gasteiger charge is 2.11. The first-order chi connectivity index (χ1) is 13.3. The lowest BCUT2D eigenvalue weighted by Gasteiger charge is -2.07. The number of ether oxygens (including phenoxy) is 1. The Morgan fingerprint density at radius 1 is 1.15 bits per heavy atom. The fourth-order valence-electron chi connectivity index (χ4n) is 2.70. The van der Waals surface area contributed by atoms with E-state index in [4.69, 9.17) is 4.74 Å². The third-order valence-electron chi connectivity index (χ3n) is 4.00. The lowest BCUT2D eigenvalue weighted by atomic mass is 10.1. The van der Waals surface area contributed by atoms with Crippen LogP contribution in [0, 0.1) is 0 Å². The maximum absolute atomic E-state index is 9.65. The molecule has 0 radical (unpaired) electrons. The van der Waals surface area contributed by atoms with Gasteiger partial charge in [0.25, 0.3) is 0 Å². The van der Waals surface area contributed by atoms with E-state index in [-0.39, 0.29) is 5.75 Å². The topological polar surface area (TPSA) is 108 Å². The van der Waals surface area contributed by atoms with Crippen LogP contribution in [0.4, 0.5) is 5.82 Å². The standard InChI is InChI=1S/C19H16N6O2/c1-27-16-10-12(6-7-15(16)26)11-22-24-18-14-5-3-2-4-13(14)17(23-25-18)19-20-8-9-21-19/h2-11,26H,1H3,(H,20,21)(H,24,25)/b22-11+. The van der Waals surface area contributed by atoms with Gasteiger partial charge in [0.15, 0.2) is 23.1 Å². The molecule has 2 heterocycles. The van der Waals surface area contributed by atoms with Crippen molar-refractivity contribution in [2.45, 2.75) is 0 Å². The van der Waals surface area contributed by atoms with Gasteiger partial charge in [-0.1, -0.05) is 24.3 Å². The average molecular weight is 360 g/mol. The predicted octanol–water partition coefficient (Wildman–Crippen LogP) is 3.18. The number of benzene rings is 2. The molecule has 0 unspecified atom stereocenters. The smallest absolute Gasteiger partial charge is 0.176 e. The van der Waals surface area contributed by atoms with Gasteiger partial charge in [0.05, 0.1) is 13.3 Å². The molecule has 2 aromatic carbocycles. The molecule has 0 aliphatic heterocycles. The normalized spacial score (nSPS) is 11.1. The van der Waals surface area contributed by atoms with Crippen molar-refractivity contribution in [3.63, 3.8) is 0 Å². The molecule has 0 saturated carbocycles. The van der Waals surface area contributed by atoms with Gasteiger partial charge >= 0.3 is 0 Å². The van der Waals surface area contributed by atoms with Crippen LogP contribution in [0.15, 0.2) is 60.0 Å². The van der Waals surface area contributed by atoms with E-state index in [1.54, 1.807) is 36.8 Å². The van der Waals surface area contributed by atoms with E-state index in [1.807, 2.05) is 24.3 Å². The minimum Gasteiger partial charge on any atom is -0.504 e. The van der Waals surface area contributed by atoms with Crippen LogP contribution in [-0.2, 0) is 0 Å². The Morgan fingerprint density at radius 2 is 2.00 bits per heavy atom. The van der Waals surface area contributed by atoms with Crippen molar-refractivity contribution in [3.8, 4) is 23.0 Å². The predicted molar refractivity (Wildman–Crippen MR) is 103 cm³/mol. The molecule has 27 heavy (non-hydrogen) atoms. The van der Waals surface area contributed by atoms with Gasteiger partial charge in [0, 0.05) is 23.2 Å². The number of aromatic hydroxyl groups is 1. The summed E-state index contributed by atoms with van der Waals surface area (Å²) in [5.74, 6) is 1.65. The number of phenolic OH excluding ortho intramolecular Hbond substituents is 1. The largest absolute Gasteiger partial charge is 0.504 e. The molecule has 8 heteroatoms. The number of H-pyrrole nitrogens is 1. The molecule has 0 spiro atoms. The van der Waals surface area contributed by atoms with E-state index in [0.29, 0.717) is 23.1 Å². The molecule has 0 bridgehead atoms. The van der Waals surface area contributed by atoms with Crippen LogP contribution < -0.4 is 10.2 Å². The molecular formula is C19H16N6O2. The molecule has 4 rings (SSSR count). The zero-order chi connectivity index (χ0) is 18.6. The molecule has 0 amide bonds. The summed E-state index contributed by atoms with van der Waals surface area (Å²) >= 11 is 0. The van der Waals surface area contributed by atoms with Gasteiger partial charge in [0.2, 0.25) is 0 Å². The van der Waals surface area contributed by atoms with Crippen LogP contribution in [0.3, 0.4) is 0 Å². The monoisotopic (exact) mass is 360 g/mol. The van der Waals surface area contributed by atoms with Crippen LogP contribution in [0.1, 0.15) is 5.56 Å². The highest BCUT2D eigenvalue weighted by Crippen LogP contribution is 2.28. The number of nitrogens with one attached hydrogen (secondary N) is 2. The summed E-state index contributed by atoms with van der Waals surface area (Å²) in [6.07, 6.45) is 5.03. The summed E-state index contributed by atoms with van der Waals surface area (Å²) in [6.45, 7) is 0. The number of nitrogens with zero attached hydrogens (tertiary/aromatic N) is 4. The summed E-state index contributed by atoms with van der Waals surface area (Å²) < 4.78 is 5.09. The van der Waals surface area contributed by atoms with Gasteiger partial charge in [-0.25, -0.2) is 4.98 Å². The van der Waals surface area contributed by atoms with E-state index in [9.17, 15) is 5.11 Å². The maximum Gasteiger partial charge on any atom is 0.176 e. The number of hydrogen-bond donors (Lipinski definition) is 3. The lowest BCUT2D eigenvalue weighted by molar-refractivity contribution is 0.373. The Bertz CT molecular complexity index is 1110. The first kappa shape index (κ1) is 16.5. The highest BCUT2D eigenvalue weighted by molar-refractivity contribution is 5.99. The van der Waals surface area contributed by atoms with Gasteiger partial charge in [0.1, 0.15) is 5.69 Å². The SMILES string of the molecule is COc1cc(/C=N/Nc2nnc(-c3ncc[nH]3)c3ccccc23)ccc1O. The van der Waals surface area contributed by atoms with Crippen molar-refractivity contribution >= 4 is 22.8 Å². The second-order valence-electron chi connectivity index (χ2n) is 5.68. The number of hydrogen-bond acceptors (Lipinski definition) is 7. The molecule has 0 atom stereocenters. The van der Waals surface area contributed by atoms with Gasteiger partial charge in [-0.15, -0.1) is 10.2 Å². The summed E-state index contributed by atoms with van der Waals surface area (Å²) in [5, 5.41) is 24.2. The Kier molecular flexibility index (Phi) is 4.36. The fraction of sp³-hybridized carbons (Fsp3) is 0.0526. The van der Waals surface area contributed by atoms with Gasteiger partial charge in [-0.05, 0) is 23.8 Å². The average Bonchev–Trinajstić information content (AvgIpc) is 3.24. The number of imidazole rings is 1. The van der Waals surface area contributed by atoms with Crippen LogP contribution in [0.2, 0.25) is 0 Å². The summed E-state index contributed by atoms with van der Waals surface area (Å²) in [7, 11) is 1.50. The molecule has 0 saturated heterocycles. The van der Waals surface area contributed by atoms with Gasteiger partial charge < -0.3 is 14.8 Å². The Hall–Kier alpha value is -3.94. The third kappa shape index (κ3) is 3.28. The number of rotatable bonds is 5. The second-order valence-corrected chi connectivity index (χ2v) is 5.68. The summed E-state index contributed by atoms with van der Waals surface area (Å²) in [4.78, 5) is 7.30. The van der Waals surface area contributed by atoms with E-state index in [1.165, 1.54) is 7.11 Å². The van der Waals surface area contributed by atoms with E-state index < -0.39 is 0 Å². The second kappa shape index (κ2) is 7.12. The molecule has 3 N–H and O–H groups in total. The number of anilines is 1. The zero-order valence-corrected chi connectivity index (χ0v) is 14.4. The molecule has 4 aromatic rings. The van der Waals surface area contributed by atoms with Crippen molar-refractivity contribution in [1.82, 2.24) is 20.2 Å². The summed E-state index contributed by atoms with van der Waals surface area (Å²) in [5.41, 5.74) is 4.36. The van der Waals surface area contributed by atoms with Crippen molar-refractivity contribution in [2.24, 2.45) is 5.10 Å². The van der Waals surface area contributed by atoms with Gasteiger partial charge in [-0.2, -0.15) is 5.10 Å². The molecular weight excluding hydrogens is 344 g/mol. The quantitative estimate of drug-likeness (QED) is 0.373. The van der Waals surface area contributed by atoms with E-state index in [0.717, 1.165) is 16.3 Å². The maximum atomic E-state index is 9.65. The minimum atomic E-state index is 0.0768. The highest BCUT2D eigenvalue weighted by atomic mass is 16.5.